The average molecular weight is 494 g/mol. The zero-order valence-corrected chi connectivity index (χ0v) is 21.4. The second-order valence-electron chi connectivity index (χ2n) is 6.88. The van der Waals surface area contributed by atoms with Crippen molar-refractivity contribution in [2.45, 2.75) is 58.3 Å². The summed E-state index contributed by atoms with van der Waals surface area (Å²) in [5.41, 5.74) is 7.08. The van der Waals surface area contributed by atoms with Gasteiger partial charge in [-0.1, -0.05) is 67.7 Å². The molecule has 8 heteroatoms. The zero-order valence-electron chi connectivity index (χ0n) is 21.4. The molecule has 8 nitrogen and oxygen atoms in total. The number of unbranched alkanes of at least 4 members (excludes halogenated alkanes) is 1. The number of methoxy groups -OCH3 is 1. The highest BCUT2D eigenvalue weighted by molar-refractivity contribution is 5.89. The summed E-state index contributed by atoms with van der Waals surface area (Å²) >= 11 is 0. The molecule has 0 saturated heterocycles. The van der Waals surface area contributed by atoms with Crippen LogP contribution < -0.4 is 16.6 Å². The number of allylic oxidation sites excluding steroid dienone is 10. The third-order valence-electron chi connectivity index (χ3n) is 3.73. The Morgan fingerprint density at radius 3 is 1.54 bits per heavy atom. The standard InChI is InChI=1S/C20H30O2.C5H6O4.C2H8N2/c1-2-3-4-5-6-7-8-9-10-11-12-13-14-15-16-17-18-19-20(21)22;1-9-5(8)3-2-4(6)7;3-1-2-4/h3-4,6-7,9-10,12-13,15-16H,2,5,8,11,14,17-19H2,1H3,(H,21,22);2-3H,1H3,(H,6,7);1-4H2/p+1/b4-3-,7-6-,10-9-,13-12-,16-15-;3-2+;. The summed E-state index contributed by atoms with van der Waals surface area (Å²) in [6, 6.07) is 0. The third-order valence-corrected chi connectivity index (χ3v) is 3.73. The van der Waals surface area contributed by atoms with Crippen molar-refractivity contribution < 1.29 is 40.8 Å². The van der Waals surface area contributed by atoms with Crippen LogP contribution in [0.1, 0.15) is 58.3 Å². The van der Waals surface area contributed by atoms with E-state index >= 15 is 0 Å². The maximum atomic E-state index is 10.3. The molecule has 0 rings (SSSR count). The molecule has 0 bridgehead atoms. The van der Waals surface area contributed by atoms with E-state index in [-0.39, 0.29) is 6.42 Å². The van der Waals surface area contributed by atoms with Crippen molar-refractivity contribution in [3.8, 4) is 0 Å². The molecular weight excluding hydrogens is 448 g/mol. The highest BCUT2D eigenvalue weighted by Gasteiger charge is 1.92. The molecule has 0 spiro atoms. The van der Waals surface area contributed by atoms with E-state index in [2.05, 4.69) is 83.9 Å². The molecule has 0 aromatic carbocycles. The van der Waals surface area contributed by atoms with Gasteiger partial charge in [0.05, 0.1) is 13.1 Å². The molecule has 7 N–H and O–H groups in total. The topological polar surface area (TPSA) is 159 Å². The van der Waals surface area contributed by atoms with E-state index in [1.165, 1.54) is 0 Å². The molecule has 0 unspecified atom stereocenters. The number of carboxylic acids is 2. The quantitative estimate of drug-likeness (QED) is 0.129. The van der Waals surface area contributed by atoms with Gasteiger partial charge in [-0.2, -0.15) is 0 Å². The lowest BCUT2D eigenvalue weighted by atomic mass is 10.2. The number of ether oxygens (including phenoxy) is 1. The number of carboxylic acid groups (broad SMARTS) is 2. The fraction of sp³-hybridized carbons (Fsp3) is 0.444. The minimum Gasteiger partial charge on any atom is -0.545 e. The number of aliphatic carboxylic acids is 2. The largest absolute Gasteiger partial charge is 0.545 e. The van der Waals surface area contributed by atoms with Crippen LogP contribution in [0.2, 0.25) is 0 Å². The number of esters is 1. The first-order valence-electron chi connectivity index (χ1n) is 11.9. The zero-order chi connectivity index (χ0) is 27.0. The predicted octanol–water partition coefficient (Wildman–Crippen LogP) is 1.93. The molecule has 0 radical (unpaired) electrons. The van der Waals surface area contributed by atoms with Crippen LogP contribution in [0.3, 0.4) is 0 Å². The molecule has 0 heterocycles. The van der Waals surface area contributed by atoms with Gasteiger partial charge in [-0.15, -0.1) is 0 Å². The third kappa shape index (κ3) is 45.1. The van der Waals surface area contributed by atoms with Crippen LogP contribution in [0, 0.1) is 0 Å². The number of hydrogen-bond acceptors (Lipinski definition) is 5. The molecule has 35 heavy (non-hydrogen) atoms. The first-order chi connectivity index (χ1) is 16.8. The van der Waals surface area contributed by atoms with Gasteiger partial charge in [0.1, 0.15) is 13.1 Å². The van der Waals surface area contributed by atoms with Gasteiger partial charge in [0.2, 0.25) is 0 Å². The number of carbonyl (C=O) groups excluding carboxylic acids is 2. The fourth-order valence-corrected chi connectivity index (χ4v) is 1.94. The van der Waals surface area contributed by atoms with Crippen molar-refractivity contribution in [2.75, 3.05) is 20.2 Å². The minimum atomic E-state index is -1.42. The molecule has 0 fully saturated rings. The molecule has 0 aliphatic carbocycles. The number of hydrogen-bond donors (Lipinski definition) is 3. The lowest BCUT2D eigenvalue weighted by Gasteiger charge is -1.89. The molecule has 0 saturated carbocycles. The summed E-state index contributed by atoms with van der Waals surface area (Å²) in [5.74, 6) is -2.84. The van der Waals surface area contributed by atoms with Crippen LogP contribution in [0.5, 0.6) is 0 Å². The Balaban J connectivity index is -0.000000646. The van der Waals surface area contributed by atoms with Crippen molar-refractivity contribution in [1.82, 2.24) is 0 Å². The summed E-state index contributed by atoms with van der Waals surface area (Å²) in [7, 11) is 1.15. The summed E-state index contributed by atoms with van der Waals surface area (Å²) in [6.07, 6.45) is 29.8. The van der Waals surface area contributed by atoms with Gasteiger partial charge in [-0.3, -0.25) is 4.79 Å². The molecule has 0 aliphatic heterocycles. The lowest BCUT2D eigenvalue weighted by Crippen LogP contribution is -2.64. The number of carbonyl (C=O) groups is 3. The number of rotatable bonds is 16. The van der Waals surface area contributed by atoms with E-state index in [1.54, 1.807) is 0 Å². The van der Waals surface area contributed by atoms with Crippen LogP contribution in [0.25, 0.3) is 0 Å². The predicted molar refractivity (Wildman–Crippen MR) is 138 cm³/mol. The minimum absolute atomic E-state index is 0.258. The van der Waals surface area contributed by atoms with Gasteiger partial charge < -0.3 is 31.2 Å². The van der Waals surface area contributed by atoms with Crippen molar-refractivity contribution in [2.24, 2.45) is 0 Å². The van der Waals surface area contributed by atoms with Crippen molar-refractivity contribution >= 4 is 17.9 Å². The lowest BCUT2D eigenvalue weighted by molar-refractivity contribution is -0.453. The van der Waals surface area contributed by atoms with Crippen molar-refractivity contribution in [3.63, 3.8) is 0 Å². The second kappa shape index (κ2) is 32.9. The van der Waals surface area contributed by atoms with Crippen LogP contribution in [-0.2, 0) is 19.1 Å². The van der Waals surface area contributed by atoms with Gasteiger partial charge >= 0.3 is 11.9 Å². The van der Waals surface area contributed by atoms with Gasteiger partial charge in [0, 0.05) is 12.5 Å². The van der Waals surface area contributed by atoms with E-state index in [0.29, 0.717) is 6.08 Å². The summed E-state index contributed by atoms with van der Waals surface area (Å²) < 4.78 is 4.08. The fourth-order valence-electron chi connectivity index (χ4n) is 1.94. The first-order valence-corrected chi connectivity index (χ1v) is 11.9. The van der Waals surface area contributed by atoms with E-state index in [4.69, 9.17) is 5.11 Å². The van der Waals surface area contributed by atoms with Gasteiger partial charge in [0.15, 0.2) is 0 Å². The Morgan fingerprint density at radius 2 is 1.20 bits per heavy atom. The van der Waals surface area contributed by atoms with E-state index in [1.807, 2.05) is 0 Å². The Bertz CT molecular complexity index is 690. The Kier molecular flexibility index (Phi) is 34.2. The smallest absolute Gasteiger partial charge is 0.330 e. The Hall–Kier alpha value is -3.23. The maximum absolute atomic E-state index is 10.3. The number of quaternary nitrogens is 2. The normalized spacial score (nSPS) is 11.3. The van der Waals surface area contributed by atoms with Crippen molar-refractivity contribution in [3.05, 3.63) is 72.9 Å². The van der Waals surface area contributed by atoms with Gasteiger partial charge in [-0.25, -0.2) is 4.79 Å². The van der Waals surface area contributed by atoms with Gasteiger partial charge in [-0.05, 0) is 51.0 Å². The molecular formula is C27H45N2O6+. The monoisotopic (exact) mass is 493 g/mol. The summed E-state index contributed by atoms with van der Waals surface area (Å²) in [4.78, 5) is 30.0. The van der Waals surface area contributed by atoms with Gasteiger partial charge in [0.25, 0.3) is 0 Å². The molecule has 0 aromatic heterocycles. The molecule has 0 aromatic rings. The van der Waals surface area contributed by atoms with Crippen molar-refractivity contribution in [1.29, 1.82) is 0 Å². The Labute approximate surface area is 210 Å². The van der Waals surface area contributed by atoms with Crippen LogP contribution >= 0.6 is 0 Å². The summed E-state index contributed by atoms with van der Waals surface area (Å²) in [6.45, 7) is 4.06. The average Bonchev–Trinajstić information content (AvgIpc) is 2.84. The summed E-state index contributed by atoms with van der Waals surface area (Å²) in [5, 5.41) is 18.1. The van der Waals surface area contributed by atoms with E-state index in [0.717, 1.165) is 71.2 Å². The van der Waals surface area contributed by atoms with E-state index < -0.39 is 17.9 Å². The van der Waals surface area contributed by atoms with Crippen LogP contribution in [-0.4, -0.2) is 43.2 Å². The molecule has 0 aliphatic rings. The van der Waals surface area contributed by atoms with Crippen LogP contribution in [0.4, 0.5) is 0 Å². The Morgan fingerprint density at radius 1 is 0.771 bits per heavy atom. The maximum Gasteiger partial charge on any atom is 0.330 e. The SMILES string of the molecule is CC/C=C\C/C=C\C/C=C\C/C=C\C/C=C\CCCC(=O)O.COC(=O)/C=C/C(=O)[O-].[NH3+]CC[NH3+]. The van der Waals surface area contributed by atoms with E-state index in [9.17, 15) is 19.5 Å². The highest BCUT2D eigenvalue weighted by atomic mass is 16.5. The first kappa shape index (κ1) is 36.3. The molecule has 0 atom stereocenters. The molecule has 0 amide bonds. The molecule has 198 valence electrons. The van der Waals surface area contributed by atoms with Crippen LogP contribution in [0.15, 0.2) is 72.9 Å². The second-order valence-corrected chi connectivity index (χ2v) is 6.88. The highest BCUT2D eigenvalue weighted by Crippen LogP contribution is 1.99.